The van der Waals surface area contributed by atoms with E-state index in [-0.39, 0.29) is 27.8 Å². The summed E-state index contributed by atoms with van der Waals surface area (Å²) in [5.74, 6) is -1.17. The first-order chi connectivity index (χ1) is 14.4. The van der Waals surface area contributed by atoms with Gasteiger partial charge in [-0.15, -0.1) is 0 Å². The Morgan fingerprint density at radius 1 is 1.10 bits per heavy atom. The zero-order valence-corrected chi connectivity index (χ0v) is 17.2. The molecular weight excluding hydrogens is 402 g/mol. The Labute approximate surface area is 180 Å². The minimum absolute atomic E-state index is 0.122. The molecule has 0 aliphatic heterocycles. The highest BCUT2D eigenvalue weighted by molar-refractivity contribution is 6.33. The maximum atomic E-state index is 11.9. The molecular formula is C24H22ClNO4. The number of hydrogen-bond acceptors (Lipinski definition) is 4. The number of carboxylic acid groups (broad SMARTS) is 1. The topological polar surface area (TPSA) is 90.6 Å². The molecule has 0 saturated carbocycles. The van der Waals surface area contributed by atoms with Crippen molar-refractivity contribution in [2.45, 2.75) is 25.9 Å². The number of aromatic hydroxyl groups is 1. The summed E-state index contributed by atoms with van der Waals surface area (Å²) in [6.45, 7) is 1.93. The highest BCUT2D eigenvalue weighted by Gasteiger charge is 2.27. The third kappa shape index (κ3) is 4.47. The van der Waals surface area contributed by atoms with E-state index in [2.05, 4.69) is 0 Å². The number of aliphatic carboxylic acids is 1. The van der Waals surface area contributed by atoms with E-state index in [1.165, 1.54) is 6.07 Å². The van der Waals surface area contributed by atoms with Gasteiger partial charge in [0.15, 0.2) is 0 Å². The Bertz CT molecular complexity index is 1050. The van der Waals surface area contributed by atoms with Crippen LogP contribution < -0.4 is 4.74 Å². The molecule has 5 nitrogen and oxygen atoms in total. The lowest BCUT2D eigenvalue weighted by Crippen LogP contribution is -2.19. The average Bonchev–Trinajstić information content (AvgIpc) is 2.76. The Hall–Kier alpha value is -3.31. The van der Waals surface area contributed by atoms with Gasteiger partial charge in [0.25, 0.3) is 0 Å². The molecule has 0 heterocycles. The molecule has 1 atom stereocenters. The predicted octanol–water partition coefficient (Wildman–Crippen LogP) is 5.62. The quantitative estimate of drug-likeness (QED) is 0.410. The summed E-state index contributed by atoms with van der Waals surface area (Å²) < 4.78 is 5.84. The number of benzene rings is 3. The number of phenols is 1. The molecule has 0 aliphatic carbocycles. The zero-order chi connectivity index (χ0) is 21.7. The Kier molecular flexibility index (Phi) is 6.75. The molecule has 0 aromatic heterocycles. The second kappa shape index (κ2) is 9.46. The molecule has 154 valence electrons. The average molecular weight is 424 g/mol. The monoisotopic (exact) mass is 423 g/mol. The van der Waals surface area contributed by atoms with Crippen LogP contribution in [0, 0.1) is 5.41 Å². The first kappa shape index (κ1) is 21.4. The molecule has 3 aromatic rings. The normalized spacial score (nSPS) is 11.7. The van der Waals surface area contributed by atoms with Crippen LogP contribution in [-0.2, 0) is 11.2 Å². The van der Waals surface area contributed by atoms with Crippen molar-refractivity contribution in [2.75, 3.05) is 0 Å². The smallest absolute Gasteiger partial charge is 0.349 e. The number of nitrogens with one attached hydrogen (secondary N) is 1. The second-order valence-corrected chi connectivity index (χ2v) is 7.21. The molecule has 0 bridgehead atoms. The number of halogens is 1. The van der Waals surface area contributed by atoms with E-state index in [1.54, 1.807) is 42.5 Å². The summed E-state index contributed by atoms with van der Waals surface area (Å²) in [7, 11) is 0. The molecule has 0 radical (unpaired) electrons. The molecule has 0 saturated heterocycles. The van der Waals surface area contributed by atoms with Gasteiger partial charge in [-0.1, -0.05) is 85.6 Å². The number of hydrogen-bond donors (Lipinski definition) is 3. The SMILES string of the molecule is CCCc1c(O)c(C(=N)c2ccccc2)cc(Cl)c1OC(C(=O)O)c1ccccc1. The van der Waals surface area contributed by atoms with Gasteiger partial charge in [-0.25, -0.2) is 4.79 Å². The Balaban J connectivity index is 2.08. The molecule has 3 N–H and O–H groups in total. The van der Waals surface area contributed by atoms with Crippen molar-refractivity contribution >= 4 is 23.3 Å². The first-order valence-electron chi connectivity index (χ1n) is 9.57. The fraction of sp³-hybridized carbons (Fsp3) is 0.167. The summed E-state index contributed by atoms with van der Waals surface area (Å²) in [6.07, 6.45) is -0.193. The van der Waals surface area contributed by atoms with Crippen LogP contribution in [0.5, 0.6) is 11.5 Å². The van der Waals surface area contributed by atoms with Crippen molar-refractivity contribution in [3.8, 4) is 11.5 Å². The fourth-order valence-electron chi connectivity index (χ4n) is 3.24. The van der Waals surface area contributed by atoms with E-state index in [4.69, 9.17) is 21.7 Å². The van der Waals surface area contributed by atoms with Crippen LogP contribution in [0.3, 0.4) is 0 Å². The maximum Gasteiger partial charge on any atom is 0.349 e. The van der Waals surface area contributed by atoms with Gasteiger partial charge in [0.1, 0.15) is 11.5 Å². The minimum Gasteiger partial charge on any atom is -0.507 e. The maximum absolute atomic E-state index is 11.9. The molecule has 0 amide bonds. The molecule has 3 rings (SSSR count). The molecule has 6 heteroatoms. The van der Waals surface area contributed by atoms with Crippen molar-refractivity contribution in [3.63, 3.8) is 0 Å². The molecule has 30 heavy (non-hydrogen) atoms. The van der Waals surface area contributed by atoms with Gasteiger partial charge in [-0.3, -0.25) is 5.41 Å². The van der Waals surface area contributed by atoms with Gasteiger partial charge in [-0.2, -0.15) is 0 Å². The third-order valence-corrected chi connectivity index (χ3v) is 4.98. The number of ether oxygens (including phenoxy) is 1. The van der Waals surface area contributed by atoms with Gasteiger partial charge < -0.3 is 14.9 Å². The van der Waals surface area contributed by atoms with E-state index in [0.29, 0.717) is 29.5 Å². The molecule has 0 aliphatic rings. The highest BCUT2D eigenvalue weighted by Crippen LogP contribution is 2.41. The number of rotatable bonds is 8. The Morgan fingerprint density at radius 2 is 1.70 bits per heavy atom. The summed E-state index contributed by atoms with van der Waals surface area (Å²) in [4.78, 5) is 11.9. The predicted molar refractivity (Wildman–Crippen MR) is 117 cm³/mol. The Morgan fingerprint density at radius 3 is 2.27 bits per heavy atom. The highest BCUT2D eigenvalue weighted by atomic mass is 35.5. The van der Waals surface area contributed by atoms with Crippen LogP contribution in [0.1, 0.15) is 41.7 Å². The van der Waals surface area contributed by atoms with Crippen molar-refractivity contribution in [3.05, 3.63) is 94.0 Å². The summed E-state index contributed by atoms with van der Waals surface area (Å²) in [5, 5.41) is 29.3. The van der Waals surface area contributed by atoms with E-state index in [0.717, 1.165) is 0 Å². The van der Waals surface area contributed by atoms with Gasteiger partial charge in [-0.05, 0) is 12.5 Å². The van der Waals surface area contributed by atoms with Crippen molar-refractivity contribution in [2.24, 2.45) is 0 Å². The van der Waals surface area contributed by atoms with Crippen molar-refractivity contribution in [1.29, 1.82) is 5.41 Å². The second-order valence-electron chi connectivity index (χ2n) is 6.80. The van der Waals surface area contributed by atoms with Crippen LogP contribution in [0.25, 0.3) is 0 Å². The van der Waals surface area contributed by atoms with Gasteiger partial charge in [0.05, 0.1) is 10.7 Å². The lowest BCUT2D eigenvalue weighted by Gasteiger charge is -2.21. The summed E-state index contributed by atoms with van der Waals surface area (Å²) in [6, 6.07) is 19.0. The van der Waals surface area contributed by atoms with E-state index >= 15 is 0 Å². The van der Waals surface area contributed by atoms with Crippen molar-refractivity contribution in [1.82, 2.24) is 0 Å². The van der Waals surface area contributed by atoms with Crippen LogP contribution in [0.2, 0.25) is 5.02 Å². The van der Waals surface area contributed by atoms with Gasteiger partial charge in [0.2, 0.25) is 6.10 Å². The van der Waals surface area contributed by atoms with Crippen LogP contribution in [0.4, 0.5) is 0 Å². The number of carbonyl (C=O) groups is 1. The minimum atomic E-state index is -1.28. The van der Waals surface area contributed by atoms with Crippen LogP contribution >= 0.6 is 11.6 Å². The van der Waals surface area contributed by atoms with Gasteiger partial charge in [0, 0.05) is 22.3 Å². The molecule has 3 aromatic carbocycles. The largest absolute Gasteiger partial charge is 0.507 e. The van der Waals surface area contributed by atoms with Gasteiger partial charge >= 0.3 is 5.97 Å². The lowest BCUT2D eigenvalue weighted by molar-refractivity contribution is -0.145. The van der Waals surface area contributed by atoms with Crippen LogP contribution in [-0.4, -0.2) is 21.9 Å². The van der Waals surface area contributed by atoms with E-state index in [1.807, 2.05) is 25.1 Å². The van der Waals surface area contributed by atoms with Crippen molar-refractivity contribution < 1.29 is 19.7 Å². The number of carboxylic acids is 1. The molecule has 1 unspecified atom stereocenters. The molecule has 0 spiro atoms. The van der Waals surface area contributed by atoms with Crippen LogP contribution in [0.15, 0.2) is 66.7 Å². The zero-order valence-electron chi connectivity index (χ0n) is 16.4. The summed E-state index contributed by atoms with van der Waals surface area (Å²) in [5.41, 5.74) is 1.88. The van der Waals surface area contributed by atoms with E-state index in [9.17, 15) is 15.0 Å². The number of phenolic OH excluding ortho intramolecular Hbond substituents is 1. The summed E-state index contributed by atoms with van der Waals surface area (Å²) >= 11 is 6.48. The standard InChI is InChI=1S/C24H22ClNO4/c1-2-9-17-21(27)18(20(26)15-10-5-3-6-11-15)14-19(25)23(17)30-22(24(28)29)16-12-7-4-8-13-16/h3-8,10-14,22,26-27H,2,9H2,1H3,(H,28,29). The van der Waals surface area contributed by atoms with E-state index < -0.39 is 12.1 Å². The fourth-order valence-corrected chi connectivity index (χ4v) is 3.51. The molecule has 0 fully saturated rings. The lowest BCUT2D eigenvalue weighted by atomic mass is 9.96. The third-order valence-electron chi connectivity index (χ3n) is 4.70. The first-order valence-corrected chi connectivity index (χ1v) is 9.94.